The quantitative estimate of drug-likeness (QED) is 0.534. The molecule has 9 heavy (non-hydrogen) atoms. The minimum Gasteiger partial charge on any atom is -0.399 e. The molecule has 1 radical (unpaired) electrons. The van der Waals surface area contributed by atoms with Gasteiger partial charge >= 0.3 is 0 Å². The first-order valence-electron chi connectivity index (χ1n) is 2.70. The minimum atomic E-state index is 0.0281. The van der Waals surface area contributed by atoms with Crippen molar-refractivity contribution in [3.05, 3.63) is 29.8 Å². The van der Waals surface area contributed by atoms with Crippen molar-refractivity contribution in [1.82, 2.24) is 0 Å². The molecule has 0 aromatic heterocycles. The molecule has 0 aliphatic heterocycles. The first-order valence-corrected chi connectivity index (χ1v) is 2.70. The van der Waals surface area contributed by atoms with E-state index in [0.29, 0.717) is 5.69 Å². The van der Waals surface area contributed by atoms with Crippen LogP contribution in [0.1, 0.15) is 5.56 Å². The molecule has 1 rings (SSSR count). The molecule has 1 aromatic rings. The Balaban J connectivity index is 2.88. The average Bonchev–Trinajstić information content (AvgIpc) is 1.90. The maximum Gasteiger partial charge on any atom is 0.0687 e. The van der Waals surface area contributed by atoms with E-state index in [2.05, 4.69) is 6.07 Å². The second-order valence-electron chi connectivity index (χ2n) is 1.81. The molecule has 1 aromatic carbocycles. The minimum absolute atomic E-state index is 0.0281. The molecule has 0 amide bonds. The Morgan fingerprint density at radius 1 is 1.56 bits per heavy atom. The Kier molecular flexibility index (Phi) is 1.70. The fourth-order valence-electron chi connectivity index (χ4n) is 0.567. The highest BCUT2D eigenvalue weighted by molar-refractivity contribution is 5.38. The van der Waals surface area contributed by atoms with Gasteiger partial charge in [0.2, 0.25) is 0 Å². The Morgan fingerprint density at radius 3 is 2.78 bits per heavy atom. The lowest BCUT2D eigenvalue weighted by atomic mass is 10.2. The third-order valence-electron chi connectivity index (χ3n) is 1.07. The molecule has 0 aliphatic rings. The van der Waals surface area contributed by atoms with Crippen molar-refractivity contribution in [2.24, 2.45) is 0 Å². The molecule has 0 aliphatic carbocycles. The second kappa shape index (κ2) is 2.51. The van der Waals surface area contributed by atoms with Gasteiger partial charge in [-0.25, -0.2) is 0 Å². The molecule has 0 unspecified atom stereocenters. The zero-order chi connectivity index (χ0) is 6.69. The predicted octanol–water partition coefficient (Wildman–Crippen LogP) is 0.561. The van der Waals surface area contributed by atoms with Gasteiger partial charge in [0.15, 0.2) is 0 Å². The van der Waals surface area contributed by atoms with Crippen LogP contribution in [0.3, 0.4) is 0 Å². The van der Waals surface area contributed by atoms with Crippen LogP contribution in [0.2, 0.25) is 0 Å². The highest BCUT2D eigenvalue weighted by Gasteiger charge is 1.87. The van der Waals surface area contributed by atoms with Crippen LogP contribution >= 0.6 is 0 Å². The van der Waals surface area contributed by atoms with Crippen LogP contribution in [0.25, 0.3) is 0 Å². The number of aliphatic hydroxyl groups is 1. The summed E-state index contributed by atoms with van der Waals surface area (Å²) in [6, 6.07) is 7.94. The van der Waals surface area contributed by atoms with Gasteiger partial charge in [-0.15, -0.1) is 0 Å². The molecule has 0 fully saturated rings. The van der Waals surface area contributed by atoms with E-state index >= 15 is 0 Å². The lowest BCUT2D eigenvalue weighted by molar-refractivity contribution is 0.281. The molecule has 0 bridgehead atoms. The molecule has 0 spiro atoms. The molecule has 0 atom stereocenters. The lowest BCUT2D eigenvalue weighted by Gasteiger charge is -1.93. The van der Waals surface area contributed by atoms with Gasteiger partial charge in [0.05, 0.1) is 6.61 Å². The van der Waals surface area contributed by atoms with Crippen molar-refractivity contribution in [2.75, 3.05) is 5.73 Å². The van der Waals surface area contributed by atoms with E-state index in [1.54, 1.807) is 18.2 Å². The lowest BCUT2D eigenvalue weighted by Crippen LogP contribution is -1.86. The topological polar surface area (TPSA) is 46.2 Å². The van der Waals surface area contributed by atoms with Crippen molar-refractivity contribution in [3.63, 3.8) is 0 Å². The van der Waals surface area contributed by atoms with E-state index in [-0.39, 0.29) is 6.61 Å². The number of hydrogen-bond acceptors (Lipinski definition) is 2. The van der Waals surface area contributed by atoms with Crippen LogP contribution in [-0.2, 0) is 6.61 Å². The van der Waals surface area contributed by atoms with E-state index in [1.165, 1.54) is 0 Å². The third-order valence-corrected chi connectivity index (χ3v) is 1.07. The summed E-state index contributed by atoms with van der Waals surface area (Å²) in [5.41, 5.74) is 6.81. The van der Waals surface area contributed by atoms with Gasteiger partial charge in [0.25, 0.3) is 0 Å². The van der Waals surface area contributed by atoms with E-state index in [1.807, 2.05) is 0 Å². The SMILES string of the molecule is Nc1c[c]c(CO)cc1. The Morgan fingerprint density at radius 2 is 2.33 bits per heavy atom. The zero-order valence-corrected chi connectivity index (χ0v) is 4.96. The van der Waals surface area contributed by atoms with Gasteiger partial charge in [0.1, 0.15) is 0 Å². The molecule has 0 saturated heterocycles. The summed E-state index contributed by atoms with van der Waals surface area (Å²) in [6.07, 6.45) is 0. The van der Waals surface area contributed by atoms with E-state index in [0.717, 1.165) is 5.56 Å². The van der Waals surface area contributed by atoms with Crippen LogP contribution < -0.4 is 5.73 Å². The van der Waals surface area contributed by atoms with Gasteiger partial charge in [-0.1, -0.05) is 6.07 Å². The maximum absolute atomic E-state index is 8.56. The summed E-state index contributed by atoms with van der Waals surface area (Å²) in [4.78, 5) is 0. The fraction of sp³-hybridized carbons (Fsp3) is 0.143. The second-order valence-corrected chi connectivity index (χ2v) is 1.81. The van der Waals surface area contributed by atoms with Crippen LogP contribution in [-0.4, -0.2) is 5.11 Å². The van der Waals surface area contributed by atoms with Crippen molar-refractivity contribution in [1.29, 1.82) is 0 Å². The monoisotopic (exact) mass is 122 g/mol. The van der Waals surface area contributed by atoms with Gasteiger partial charge in [-0.3, -0.25) is 0 Å². The summed E-state index contributed by atoms with van der Waals surface area (Å²) in [5.74, 6) is 0. The summed E-state index contributed by atoms with van der Waals surface area (Å²) in [6.45, 7) is 0.0281. The number of nitrogen functional groups attached to an aromatic ring is 1. The summed E-state index contributed by atoms with van der Waals surface area (Å²) < 4.78 is 0. The van der Waals surface area contributed by atoms with Crippen molar-refractivity contribution in [3.8, 4) is 0 Å². The third kappa shape index (κ3) is 1.44. The first-order chi connectivity index (χ1) is 4.33. The van der Waals surface area contributed by atoms with Gasteiger partial charge in [0, 0.05) is 5.69 Å². The van der Waals surface area contributed by atoms with Gasteiger partial charge < -0.3 is 10.8 Å². The molecule has 2 nitrogen and oxygen atoms in total. The van der Waals surface area contributed by atoms with Crippen molar-refractivity contribution < 1.29 is 5.11 Å². The van der Waals surface area contributed by atoms with Gasteiger partial charge in [-0.05, 0) is 23.8 Å². The highest BCUT2D eigenvalue weighted by Crippen LogP contribution is 2.03. The Bertz CT molecular complexity index is 181. The fourth-order valence-corrected chi connectivity index (χ4v) is 0.567. The normalized spacial score (nSPS) is 9.44. The average molecular weight is 122 g/mol. The van der Waals surface area contributed by atoms with Crippen LogP contribution in [0.4, 0.5) is 5.69 Å². The summed E-state index contributed by atoms with van der Waals surface area (Å²) in [7, 11) is 0. The summed E-state index contributed by atoms with van der Waals surface area (Å²) in [5, 5.41) is 8.56. The maximum atomic E-state index is 8.56. The van der Waals surface area contributed by atoms with E-state index in [4.69, 9.17) is 10.8 Å². The number of nitrogens with two attached hydrogens (primary N) is 1. The molecule has 2 heteroatoms. The van der Waals surface area contributed by atoms with E-state index < -0.39 is 0 Å². The standard InChI is InChI=1S/C7H8NO/c8-7-3-1-6(5-9)2-4-7/h1,3-4,9H,5,8H2. The van der Waals surface area contributed by atoms with Crippen LogP contribution in [0.5, 0.6) is 0 Å². The highest BCUT2D eigenvalue weighted by atomic mass is 16.3. The Hall–Kier alpha value is -1.02. The van der Waals surface area contributed by atoms with Crippen molar-refractivity contribution in [2.45, 2.75) is 6.61 Å². The molecule has 0 heterocycles. The molecule has 0 saturated carbocycles. The molecular formula is C7H8NO. The van der Waals surface area contributed by atoms with Crippen molar-refractivity contribution >= 4 is 5.69 Å². The number of anilines is 1. The van der Waals surface area contributed by atoms with Crippen LogP contribution in [0.15, 0.2) is 18.2 Å². The first kappa shape index (κ1) is 6.11. The zero-order valence-electron chi connectivity index (χ0n) is 4.96. The number of rotatable bonds is 1. The van der Waals surface area contributed by atoms with Crippen LogP contribution in [0, 0.1) is 6.07 Å². The Labute approximate surface area is 53.9 Å². The number of benzene rings is 1. The van der Waals surface area contributed by atoms with E-state index in [9.17, 15) is 0 Å². The smallest absolute Gasteiger partial charge is 0.0687 e. The number of hydrogen-bond donors (Lipinski definition) is 2. The van der Waals surface area contributed by atoms with Gasteiger partial charge in [-0.2, -0.15) is 0 Å². The molecule has 47 valence electrons. The number of aliphatic hydroxyl groups excluding tert-OH is 1. The molecular weight excluding hydrogens is 114 g/mol. The summed E-state index contributed by atoms with van der Waals surface area (Å²) >= 11 is 0. The predicted molar refractivity (Wildman–Crippen MR) is 35.6 cm³/mol. The molecule has 3 N–H and O–H groups in total. The largest absolute Gasteiger partial charge is 0.399 e.